The molecule has 1 aromatic carbocycles. The minimum absolute atomic E-state index is 0.183. The summed E-state index contributed by atoms with van der Waals surface area (Å²) in [6.45, 7) is 21.4. The van der Waals surface area contributed by atoms with Gasteiger partial charge < -0.3 is 0 Å². The molecule has 0 spiro atoms. The monoisotopic (exact) mass is 282 g/mol. The van der Waals surface area contributed by atoms with Gasteiger partial charge in [-0.25, -0.2) is 0 Å². The van der Waals surface area contributed by atoms with Crippen LogP contribution >= 0.6 is 0 Å². The lowest BCUT2D eigenvalue weighted by atomic mass is 9.72. The predicted octanol–water partition coefficient (Wildman–Crippen LogP) is 6.55. The maximum absolute atomic E-state index is 3.92. The molecule has 0 amide bonds. The average molecular weight is 282 g/mol. The third-order valence-corrected chi connectivity index (χ3v) is 3.88. The highest BCUT2D eigenvalue weighted by Crippen LogP contribution is 2.36. The second kappa shape index (κ2) is 6.47. The summed E-state index contributed by atoms with van der Waals surface area (Å²) in [4.78, 5) is 0. The minimum Gasteiger partial charge on any atom is -0.0988 e. The van der Waals surface area contributed by atoms with E-state index in [4.69, 9.17) is 0 Å². The number of allylic oxidation sites excluding steroid dienone is 4. The van der Waals surface area contributed by atoms with Crippen LogP contribution in [-0.4, -0.2) is 0 Å². The van der Waals surface area contributed by atoms with Gasteiger partial charge in [0.15, 0.2) is 0 Å². The molecule has 0 heteroatoms. The topological polar surface area (TPSA) is 0 Å². The first-order chi connectivity index (χ1) is 9.60. The van der Waals surface area contributed by atoms with Crippen molar-refractivity contribution in [3.63, 3.8) is 0 Å². The maximum atomic E-state index is 3.92. The Morgan fingerprint density at radius 3 is 1.86 bits per heavy atom. The zero-order valence-corrected chi connectivity index (χ0v) is 14.6. The summed E-state index contributed by atoms with van der Waals surface area (Å²) in [5.41, 5.74) is 5.42. The van der Waals surface area contributed by atoms with Crippen molar-refractivity contribution in [2.24, 2.45) is 5.41 Å². The summed E-state index contributed by atoms with van der Waals surface area (Å²) < 4.78 is 0. The van der Waals surface area contributed by atoms with Crippen LogP contribution in [0.15, 0.2) is 55.1 Å². The molecule has 0 unspecified atom stereocenters. The summed E-state index contributed by atoms with van der Waals surface area (Å²) in [6.07, 6.45) is 4.95. The normalized spacial score (nSPS) is 13.6. The number of hydrogen-bond acceptors (Lipinski definition) is 0. The fraction of sp³-hybridized carbons (Fsp3) is 0.429. The molecule has 0 N–H and O–H groups in total. The molecule has 0 atom stereocenters. The fourth-order valence-electron chi connectivity index (χ4n) is 3.15. The van der Waals surface area contributed by atoms with E-state index in [9.17, 15) is 0 Å². The van der Waals surface area contributed by atoms with Crippen LogP contribution in [0.3, 0.4) is 0 Å². The molecule has 0 aliphatic carbocycles. The molecule has 0 nitrogen and oxygen atoms in total. The lowest BCUT2D eigenvalue weighted by Gasteiger charge is -2.33. The van der Waals surface area contributed by atoms with Crippen LogP contribution in [0.5, 0.6) is 0 Å². The van der Waals surface area contributed by atoms with E-state index in [1.54, 1.807) is 0 Å². The summed E-state index contributed by atoms with van der Waals surface area (Å²) in [5.74, 6) is 0. The van der Waals surface area contributed by atoms with Crippen LogP contribution in [-0.2, 0) is 5.41 Å². The van der Waals surface area contributed by atoms with Gasteiger partial charge in [0, 0.05) is 0 Å². The van der Waals surface area contributed by atoms with Gasteiger partial charge in [-0.2, -0.15) is 0 Å². The molecule has 0 aliphatic heterocycles. The van der Waals surface area contributed by atoms with Crippen molar-refractivity contribution in [3.05, 3.63) is 66.3 Å². The zero-order chi connectivity index (χ0) is 16.3. The summed E-state index contributed by atoms with van der Waals surface area (Å²) in [5, 5.41) is 0. The quantitative estimate of drug-likeness (QED) is 0.537. The smallest absolute Gasteiger partial charge is 0.00986 e. The molecular weight excluding hydrogens is 252 g/mol. The van der Waals surface area contributed by atoms with E-state index in [1.807, 2.05) is 12.2 Å². The third kappa shape index (κ3) is 4.74. The first kappa shape index (κ1) is 17.5. The van der Waals surface area contributed by atoms with Gasteiger partial charge in [0.05, 0.1) is 0 Å². The molecule has 0 fully saturated rings. The highest BCUT2D eigenvalue weighted by molar-refractivity contribution is 5.77. The van der Waals surface area contributed by atoms with Gasteiger partial charge in [-0.1, -0.05) is 84.2 Å². The number of benzene rings is 1. The largest absolute Gasteiger partial charge is 0.0988 e. The molecule has 21 heavy (non-hydrogen) atoms. The minimum atomic E-state index is 0.183. The Kier molecular flexibility index (Phi) is 5.39. The van der Waals surface area contributed by atoms with Crippen LogP contribution < -0.4 is 0 Å². The van der Waals surface area contributed by atoms with Crippen molar-refractivity contribution in [1.82, 2.24) is 0 Å². The van der Waals surface area contributed by atoms with Crippen molar-refractivity contribution in [2.75, 3.05) is 0 Å². The highest BCUT2D eigenvalue weighted by Gasteiger charge is 2.27. The van der Waals surface area contributed by atoms with Gasteiger partial charge in [-0.3, -0.25) is 0 Å². The first-order valence-electron chi connectivity index (χ1n) is 7.67. The van der Waals surface area contributed by atoms with Crippen molar-refractivity contribution < 1.29 is 0 Å². The standard InChI is InChI=1S/C21H30/c1-9-16(3)19(10-2)17-11-13-18(14-12-17)21(7,8)15-20(4,5)6/h9-14H,1-2,15H2,3-8H3/b19-16+. The van der Waals surface area contributed by atoms with Gasteiger partial charge >= 0.3 is 0 Å². The molecule has 0 heterocycles. The van der Waals surface area contributed by atoms with Crippen LogP contribution in [0.2, 0.25) is 0 Å². The second-order valence-electron chi connectivity index (χ2n) is 7.70. The Morgan fingerprint density at radius 1 is 0.952 bits per heavy atom. The fourth-order valence-corrected chi connectivity index (χ4v) is 3.15. The highest BCUT2D eigenvalue weighted by atomic mass is 14.3. The van der Waals surface area contributed by atoms with Gasteiger partial charge in [0.25, 0.3) is 0 Å². The van der Waals surface area contributed by atoms with E-state index in [0.29, 0.717) is 5.41 Å². The zero-order valence-electron chi connectivity index (χ0n) is 14.6. The lowest BCUT2D eigenvalue weighted by molar-refractivity contribution is 0.284. The summed E-state index contributed by atoms with van der Waals surface area (Å²) in [6, 6.07) is 8.90. The molecule has 0 aromatic heterocycles. The number of rotatable bonds is 5. The van der Waals surface area contributed by atoms with E-state index in [-0.39, 0.29) is 5.41 Å². The molecule has 0 saturated heterocycles. The maximum Gasteiger partial charge on any atom is -0.00986 e. The molecular formula is C21H30. The molecule has 1 rings (SSSR count). The van der Waals surface area contributed by atoms with E-state index < -0.39 is 0 Å². The average Bonchev–Trinajstić information content (AvgIpc) is 2.37. The van der Waals surface area contributed by atoms with Crippen molar-refractivity contribution >= 4 is 5.57 Å². The van der Waals surface area contributed by atoms with Crippen LogP contribution in [0.25, 0.3) is 5.57 Å². The Labute approximate surface area is 131 Å². The van der Waals surface area contributed by atoms with Crippen LogP contribution in [0.1, 0.15) is 59.1 Å². The molecule has 0 radical (unpaired) electrons. The van der Waals surface area contributed by atoms with E-state index in [2.05, 4.69) is 79.0 Å². The van der Waals surface area contributed by atoms with Gasteiger partial charge in [-0.15, -0.1) is 0 Å². The second-order valence-corrected chi connectivity index (χ2v) is 7.70. The van der Waals surface area contributed by atoms with Crippen molar-refractivity contribution in [1.29, 1.82) is 0 Å². The summed E-state index contributed by atoms with van der Waals surface area (Å²) >= 11 is 0. The van der Waals surface area contributed by atoms with Crippen molar-refractivity contribution in [3.8, 4) is 0 Å². The van der Waals surface area contributed by atoms with Gasteiger partial charge in [0.1, 0.15) is 0 Å². The van der Waals surface area contributed by atoms with E-state index >= 15 is 0 Å². The van der Waals surface area contributed by atoms with Crippen LogP contribution in [0, 0.1) is 5.41 Å². The third-order valence-electron chi connectivity index (χ3n) is 3.88. The molecule has 0 saturated carbocycles. The van der Waals surface area contributed by atoms with Gasteiger partial charge in [-0.05, 0) is 46.4 Å². The molecule has 1 aromatic rings. The van der Waals surface area contributed by atoms with E-state index in [0.717, 1.165) is 17.6 Å². The molecule has 0 bridgehead atoms. The summed E-state index contributed by atoms with van der Waals surface area (Å²) in [7, 11) is 0. The predicted molar refractivity (Wildman–Crippen MR) is 96.5 cm³/mol. The van der Waals surface area contributed by atoms with Crippen LogP contribution in [0.4, 0.5) is 0 Å². The Bertz CT molecular complexity index is 530. The first-order valence-corrected chi connectivity index (χ1v) is 7.67. The molecule has 114 valence electrons. The Morgan fingerprint density at radius 2 is 1.48 bits per heavy atom. The Hall–Kier alpha value is -1.56. The molecule has 0 aliphatic rings. The van der Waals surface area contributed by atoms with Crippen molar-refractivity contribution in [2.45, 2.75) is 53.4 Å². The Balaban J connectivity index is 3.13. The van der Waals surface area contributed by atoms with E-state index in [1.165, 1.54) is 11.1 Å². The number of hydrogen-bond donors (Lipinski definition) is 0. The SMILES string of the molecule is C=C/C(C)=C(\C=C)c1ccc(C(C)(C)CC(C)(C)C)cc1. The van der Waals surface area contributed by atoms with Gasteiger partial charge in [0.2, 0.25) is 0 Å². The lowest BCUT2D eigenvalue weighted by Crippen LogP contribution is -2.24.